The Labute approximate surface area is 147 Å². The second kappa shape index (κ2) is 6.20. The normalized spacial score (nSPS) is 12.4. The minimum Gasteiger partial charge on any atom is -0.507 e. The summed E-state index contributed by atoms with van der Waals surface area (Å²) >= 11 is 1.43. The second-order valence-electron chi connectivity index (χ2n) is 8.13. The van der Waals surface area contributed by atoms with Gasteiger partial charge in [0.25, 0.3) is 0 Å². The van der Waals surface area contributed by atoms with Crippen molar-refractivity contribution in [1.29, 1.82) is 0 Å². The van der Waals surface area contributed by atoms with Gasteiger partial charge in [-0.05, 0) is 23.0 Å². The molecule has 1 heterocycles. The lowest BCUT2D eigenvalue weighted by molar-refractivity contribution is -0.136. The molecule has 0 saturated heterocycles. The number of aliphatic carboxylic acids is 1. The lowest BCUT2D eigenvalue weighted by atomic mass is 9.78. The van der Waals surface area contributed by atoms with Crippen LogP contribution < -0.4 is 0 Å². The Hall–Kier alpha value is -1.88. The van der Waals surface area contributed by atoms with Gasteiger partial charge >= 0.3 is 5.97 Å². The summed E-state index contributed by atoms with van der Waals surface area (Å²) in [5.41, 5.74) is 2.82. The molecule has 2 aromatic rings. The Morgan fingerprint density at radius 3 is 2.00 bits per heavy atom. The van der Waals surface area contributed by atoms with Crippen molar-refractivity contribution < 1.29 is 15.0 Å². The highest BCUT2D eigenvalue weighted by atomic mass is 32.1. The molecule has 0 unspecified atom stereocenters. The summed E-state index contributed by atoms with van der Waals surface area (Å²) in [7, 11) is 0. The standard InChI is InChI=1S/C19H25NO3S/c1-18(2,3)13-7-11(8-14(16(13)23)19(4,5)6)17-20-12(10-24-17)9-15(21)22/h7-8,10,23H,9H2,1-6H3,(H,21,22). The fraction of sp³-hybridized carbons (Fsp3) is 0.474. The number of hydrogen-bond acceptors (Lipinski definition) is 4. The van der Waals surface area contributed by atoms with Crippen molar-refractivity contribution in [3.05, 3.63) is 34.3 Å². The van der Waals surface area contributed by atoms with Gasteiger partial charge in [0.15, 0.2) is 0 Å². The van der Waals surface area contributed by atoms with Crippen LogP contribution in [0.2, 0.25) is 0 Å². The summed E-state index contributed by atoms with van der Waals surface area (Å²) in [4.78, 5) is 15.3. The molecule has 0 bridgehead atoms. The van der Waals surface area contributed by atoms with E-state index in [0.717, 1.165) is 21.7 Å². The molecule has 1 aromatic heterocycles. The molecule has 2 N–H and O–H groups in total. The average Bonchev–Trinajstić information content (AvgIpc) is 2.83. The van der Waals surface area contributed by atoms with E-state index >= 15 is 0 Å². The molecule has 2 rings (SSSR count). The molecular formula is C19H25NO3S. The summed E-state index contributed by atoms with van der Waals surface area (Å²) in [6.07, 6.45) is -0.0765. The Bertz CT molecular complexity index is 729. The number of carbonyl (C=O) groups is 1. The first kappa shape index (κ1) is 18.5. The predicted octanol–water partition coefficient (Wildman–Crippen LogP) is 4.74. The number of nitrogens with zero attached hydrogens (tertiary/aromatic N) is 1. The zero-order valence-corrected chi connectivity index (χ0v) is 15.9. The molecule has 130 valence electrons. The van der Waals surface area contributed by atoms with E-state index in [4.69, 9.17) is 5.11 Å². The number of benzene rings is 1. The van der Waals surface area contributed by atoms with E-state index in [0.29, 0.717) is 11.4 Å². The van der Waals surface area contributed by atoms with Crippen LogP contribution >= 0.6 is 11.3 Å². The molecule has 0 aliphatic rings. The van der Waals surface area contributed by atoms with Crippen molar-refractivity contribution in [3.8, 4) is 16.3 Å². The van der Waals surface area contributed by atoms with Gasteiger partial charge in [-0.1, -0.05) is 41.5 Å². The van der Waals surface area contributed by atoms with E-state index in [9.17, 15) is 9.90 Å². The highest BCUT2D eigenvalue weighted by Gasteiger charge is 2.27. The van der Waals surface area contributed by atoms with Crippen molar-refractivity contribution in [2.45, 2.75) is 58.8 Å². The average molecular weight is 347 g/mol. The van der Waals surface area contributed by atoms with Crippen LogP contribution in [0.5, 0.6) is 5.75 Å². The van der Waals surface area contributed by atoms with Gasteiger partial charge in [-0.15, -0.1) is 11.3 Å². The van der Waals surface area contributed by atoms with Crippen molar-refractivity contribution in [2.24, 2.45) is 0 Å². The molecule has 0 atom stereocenters. The molecule has 0 amide bonds. The Kier molecular flexibility index (Phi) is 4.77. The third-order valence-corrected chi connectivity index (χ3v) is 4.80. The van der Waals surface area contributed by atoms with Crippen LogP contribution in [-0.4, -0.2) is 21.2 Å². The van der Waals surface area contributed by atoms with Gasteiger partial charge in [0.1, 0.15) is 10.8 Å². The van der Waals surface area contributed by atoms with Gasteiger partial charge in [0.2, 0.25) is 0 Å². The highest BCUT2D eigenvalue weighted by molar-refractivity contribution is 7.13. The van der Waals surface area contributed by atoms with Crippen LogP contribution in [0.15, 0.2) is 17.5 Å². The first-order chi connectivity index (χ1) is 10.9. The van der Waals surface area contributed by atoms with Crippen LogP contribution in [0.4, 0.5) is 0 Å². The molecule has 4 nitrogen and oxygen atoms in total. The zero-order chi connectivity index (χ0) is 18.3. The predicted molar refractivity (Wildman–Crippen MR) is 98.0 cm³/mol. The topological polar surface area (TPSA) is 70.4 Å². The fourth-order valence-corrected chi connectivity index (χ4v) is 3.38. The van der Waals surface area contributed by atoms with Crippen LogP contribution in [0.3, 0.4) is 0 Å². The monoisotopic (exact) mass is 347 g/mol. The molecule has 0 spiro atoms. The lowest BCUT2D eigenvalue weighted by Gasteiger charge is -2.28. The first-order valence-corrected chi connectivity index (χ1v) is 8.82. The summed E-state index contributed by atoms with van der Waals surface area (Å²) in [5, 5.41) is 22.2. The van der Waals surface area contributed by atoms with E-state index in [1.807, 2.05) is 12.1 Å². The molecule has 0 radical (unpaired) electrons. The number of phenols is 1. The van der Waals surface area contributed by atoms with Crippen molar-refractivity contribution in [2.75, 3.05) is 0 Å². The molecule has 0 fully saturated rings. The summed E-state index contributed by atoms with van der Waals surface area (Å²) < 4.78 is 0. The molecule has 0 aliphatic carbocycles. The van der Waals surface area contributed by atoms with Gasteiger partial charge in [-0.25, -0.2) is 4.98 Å². The van der Waals surface area contributed by atoms with E-state index < -0.39 is 5.97 Å². The fourth-order valence-electron chi connectivity index (χ4n) is 2.58. The van der Waals surface area contributed by atoms with Crippen LogP contribution in [0.25, 0.3) is 10.6 Å². The first-order valence-electron chi connectivity index (χ1n) is 7.94. The van der Waals surface area contributed by atoms with Gasteiger partial charge in [0, 0.05) is 22.1 Å². The third kappa shape index (κ3) is 3.96. The number of carboxylic acid groups (broad SMARTS) is 1. The van der Waals surface area contributed by atoms with Gasteiger partial charge in [-0.3, -0.25) is 4.79 Å². The molecule has 24 heavy (non-hydrogen) atoms. The second-order valence-corrected chi connectivity index (χ2v) is 8.99. The molecule has 5 heteroatoms. The maximum atomic E-state index is 10.9. The van der Waals surface area contributed by atoms with Crippen LogP contribution in [0.1, 0.15) is 58.4 Å². The van der Waals surface area contributed by atoms with E-state index in [1.54, 1.807) is 5.38 Å². The molecule has 0 saturated carbocycles. The maximum absolute atomic E-state index is 10.9. The highest BCUT2D eigenvalue weighted by Crippen LogP contribution is 2.42. The van der Waals surface area contributed by atoms with E-state index in [2.05, 4.69) is 46.5 Å². The quantitative estimate of drug-likeness (QED) is 0.841. The number of aromatic nitrogens is 1. The number of hydrogen-bond donors (Lipinski definition) is 2. The Morgan fingerprint density at radius 1 is 1.08 bits per heavy atom. The molecular weight excluding hydrogens is 322 g/mol. The summed E-state index contributed by atoms with van der Waals surface area (Å²) in [6.45, 7) is 12.4. The van der Waals surface area contributed by atoms with E-state index in [1.165, 1.54) is 11.3 Å². The lowest BCUT2D eigenvalue weighted by Crippen LogP contribution is -2.17. The minimum atomic E-state index is -0.886. The summed E-state index contributed by atoms with van der Waals surface area (Å²) in [5.74, 6) is -0.551. The number of phenolic OH excluding ortho intramolecular Hbond substituents is 1. The van der Waals surface area contributed by atoms with Crippen molar-refractivity contribution >= 4 is 17.3 Å². The Balaban J connectivity index is 2.62. The zero-order valence-electron chi connectivity index (χ0n) is 15.1. The smallest absolute Gasteiger partial charge is 0.309 e. The summed E-state index contributed by atoms with van der Waals surface area (Å²) in [6, 6.07) is 3.93. The largest absolute Gasteiger partial charge is 0.507 e. The number of rotatable bonds is 3. The van der Waals surface area contributed by atoms with E-state index in [-0.39, 0.29) is 17.3 Å². The number of carboxylic acids is 1. The van der Waals surface area contributed by atoms with Crippen molar-refractivity contribution in [3.63, 3.8) is 0 Å². The Morgan fingerprint density at radius 2 is 1.58 bits per heavy atom. The molecule has 1 aromatic carbocycles. The van der Waals surface area contributed by atoms with Gasteiger partial charge < -0.3 is 10.2 Å². The van der Waals surface area contributed by atoms with Crippen LogP contribution in [0, 0.1) is 0 Å². The molecule has 0 aliphatic heterocycles. The minimum absolute atomic E-state index is 0.0765. The van der Waals surface area contributed by atoms with Gasteiger partial charge in [0.05, 0.1) is 12.1 Å². The number of aromatic hydroxyl groups is 1. The number of thiazole rings is 1. The van der Waals surface area contributed by atoms with Crippen LogP contribution in [-0.2, 0) is 22.0 Å². The van der Waals surface area contributed by atoms with Gasteiger partial charge in [-0.2, -0.15) is 0 Å². The third-order valence-electron chi connectivity index (χ3n) is 3.86. The SMILES string of the molecule is CC(C)(C)c1cc(-c2nc(CC(=O)O)cs2)cc(C(C)(C)C)c1O. The maximum Gasteiger partial charge on any atom is 0.309 e. The van der Waals surface area contributed by atoms with Crippen molar-refractivity contribution in [1.82, 2.24) is 4.98 Å².